The van der Waals surface area contributed by atoms with E-state index in [1.807, 2.05) is 138 Å². The molecule has 7 aromatic rings. The maximum atomic E-state index is 16.4. The van der Waals surface area contributed by atoms with Gasteiger partial charge in [0.15, 0.2) is 0 Å². The van der Waals surface area contributed by atoms with Crippen LogP contribution >= 0.6 is 0 Å². The lowest BCUT2D eigenvalue weighted by atomic mass is 9.77. The number of hydrogen-bond donors (Lipinski definition) is 1. The third-order valence-electron chi connectivity index (χ3n) is 7.93. The van der Waals surface area contributed by atoms with E-state index in [1.165, 1.54) is 6.07 Å². The van der Waals surface area contributed by atoms with Crippen molar-refractivity contribution in [1.82, 2.24) is 9.78 Å². The normalized spacial score (nSPS) is 11.6. The molecule has 0 amide bonds. The van der Waals surface area contributed by atoms with Gasteiger partial charge in [-0.1, -0.05) is 127 Å². The van der Waals surface area contributed by atoms with Crippen LogP contribution in [0, 0.1) is 5.82 Å². The molecule has 6 aromatic carbocycles. The summed E-state index contributed by atoms with van der Waals surface area (Å²) in [6.45, 7) is 0. The number of carbonyl (C=O) groups is 1. The standard InChI is InChI=1S/C37H25FN2O2/c38-34-31(36(41)42)22-23-32-33(34)35(27-21-20-25-12-10-11-13-26(25)24-27)39-40(32)37(28-14-4-1-5-15-28,29-16-6-2-7-17-29)30-18-8-3-9-19-30/h1-24H,(H,41,42). The molecule has 42 heavy (non-hydrogen) atoms. The lowest BCUT2D eigenvalue weighted by Crippen LogP contribution is -2.38. The summed E-state index contributed by atoms with van der Waals surface area (Å²) in [6, 6.07) is 46.9. The molecule has 0 radical (unpaired) electrons. The van der Waals surface area contributed by atoms with E-state index in [4.69, 9.17) is 5.10 Å². The second kappa shape index (κ2) is 10.1. The number of rotatable bonds is 6. The maximum absolute atomic E-state index is 16.4. The van der Waals surface area contributed by atoms with Gasteiger partial charge in [-0.15, -0.1) is 0 Å². The minimum atomic E-state index is -1.33. The Morgan fingerprint density at radius 1 is 0.643 bits per heavy atom. The molecule has 0 saturated heterocycles. The highest BCUT2D eigenvalue weighted by atomic mass is 19.1. The van der Waals surface area contributed by atoms with Crippen LogP contribution in [-0.4, -0.2) is 20.9 Å². The Bertz CT molecular complexity index is 1970. The third kappa shape index (κ3) is 3.90. The van der Waals surface area contributed by atoms with E-state index in [9.17, 15) is 9.90 Å². The second-order valence-corrected chi connectivity index (χ2v) is 10.3. The van der Waals surface area contributed by atoms with E-state index in [2.05, 4.69) is 0 Å². The number of halogens is 1. The van der Waals surface area contributed by atoms with Gasteiger partial charge in [0.2, 0.25) is 0 Å². The fraction of sp³-hybridized carbons (Fsp3) is 0.0270. The van der Waals surface area contributed by atoms with Crippen molar-refractivity contribution in [2.24, 2.45) is 0 Å². The number of benzene rings is 6. The molecule has 0 unspecified atom stereocenters. The Morgan fingerprint density at radius 2 is 1.17 bits per heavy atom. The fourth-order valence-electron chi connectivity index (χ4n) is 6.04. The molecular formula is C37H25FN2O2. The fourth-order valence-corrected chi connectivity index (χ4v) is 6.04. The van der Waals surface area contributed by atoms with Gasteiger partial charge in [0, 0.05) is 5.56 Å². The van der Waals surface area contributed by atoms with Crippen LogP contribution in [-0.2, 0) is 5.54 Å². The van der Waals surface area contributed by atoms with Crippen molar-refractivity contribution in [3.8, 4) is 11.3 Å². The first-order valence-corrected chi connectivity index (χ1v) is 13.7. The van der Waals surface area contributed by atoms with Gasteiger partial charge in [0.25, 0.3) is 0 Å². The molecule has 0 saturated carbocycles. The largest absolute Gasteiger partial charge is 0.478 e. The zero-order valence-corrected chi connectivity index (χ0v) is 22.5. The van der Waals surface area contributed by atoms with Crippen molar-refractivity contribution in [2.45, 2.75) is 5.54 Å². The van der Waals surface area contributed by atoms with Gasteiger partial charge in [-0.3, -0.25) is 0 Å². The van der Waals surface area contributed by atoms with Crippen LogP contribution in [0.5, 0.6) is 0 Å². The van der Waals surface area contributed by atoms with Crippen molar-refractivity contribution >= 4 is 27.6 Å². The lowest BCUT2D eigenvalue weighted by Gasteiger charge is -2.37. The molecule has 0 aliphatic carbocycles. The average molecular weight is 549 g/mol. The molecule has 1 N–H and O–H groups in total. The zero-order valence-electron chi connectivity index (χ0n) is 22.5. The summed E-state index contributed by atoms with van der Waals surface area (Å²) >= 11 is 0. The molecular weight excluding hydrogens is 523 g/mol. The quantitative estimate of drug-likeness (QED) is 0.212. The highest BCUT2D eigenvalue weighted by Crippen LogP contribution is 2.44. The molecule has 0 spiro atoms. The number of aromatic carboxylic acids is 1. The first-order chi connectivity index (χ1) is 20.6. The van der Waals surface area contributed by atoms with Gasteiger partial charge in [-0.25, -0.2) is 13.9 Å². The number of carboxylic acids is 1. The minimum Gasteiger partial charge on any atom is -0.478 e. The maximum Gasteiger partial charge on any atom is 0.338 e. The second-order valence-electron chi connectivity index (χ2n) is 10.3. The van der Waals surface area contributed by atoms with Crippen molar-refractivity contribution in [3.05, 3.63) is 174 Å². The van der Waals surface area contributed by atoms with Gasteiger partial charge >= 0.3 is 5.97 Å². The summed E-state index contributed by atoms with van der Waals surface area (Å²) < 4.78 is 18.2. The summed E-state index contributed by atoms with van der Waals surface area (Å²) in [5.41, 5.74) is 2.95. The van der Waals surface area contributed by atoms with Gasteiger partial charge in [0.1, 0.15) is 17.1 Å². The summed E-state index contributed by atoms with van der Waals surface area (Å²) in [6.07, 6.45) is 0. The molecule has 1 aromatic heterocycles. The molecule has 4 nitrogen and oxygen atoms in total. The van der Waals surface area contributed by atoms with Crippen LogP contribution < -0.4 is 0 Å². The van der Waals surface area contributed by atoms with Crippen molar-refractivity contribution in [2.75, 3.05) is 0 Å². The smallest absolute Gasteiger partial charge is 0.338 e. The van der Waals surface area contributed by atoms with E-state index in [1.54, 1.807) is 6.07 Å². The molecule has 5 heteroatoms. The Hall–Kier alpha value is -5.55. The van der Waals surface area contributed by atoms with Crippen LogP contribution in [0.3, 0.4) is 0 Å². The molecule has 1 heterocycles. The lowest BCUT2D eigenvalue weighted by molar-refractivity contribution is 0.0692. The summed E-state index contributed by atoms with van der Waals surface area (Å²) in [5.74, 6) is -2.13. The van der Waals surface area contributed by atoms with Crippen LogP contribution in [0.15, 0.2) is 146 Å². The van der Waals surface area contributed by atoms with Gasteiger partial charge in [-0.05, 0) is 45.7 Å². The SMILES string of the molecule is O=C(O)c1ccc2c(c(-c3ccc4ccccc4c3)nn2C(c2ccccc2)(c2ccccc2)c2ccccc2)c1F. The van der Waals surface area contributed by atoms with Crippen molar-refractivity contribution < 1.29 is 14.3 Å². The Kier molecular flexibility index (Phi) is 6.13. The Balaban J connectivity index is 1.66. The minimum absolute atomic E-state index is 0.164. The number of carboxylic acid groups (broad SMARTS) is 1. The first-order valence-electron chi connectivity index (χ1n) is 13.7. The predicted octanol–water partition coefficient (Wildman–Crippen LogP) is 8.53. The summed E-state index contributed by atoms with van der Waals surface area (Å²) in [4.78, 5) is 12.1. The molecule has 0 atom stereocenters. The van der Waals surface area contributed by atoms with Gasteiger partial charge < -0.3 is 5.11 Å². The van der Waals surface area contributed by atoms with Gasteiger partial charge in [0.05, 0.1) is 16.5 Å². The van der Waals surface area contributed by atoms with E-state index in [-0.39, 0.29) is 5.39 Å². The van der Waals surface area contributed by atoms with Crippen LogP contribution in [0.1, 0.15) is 27.0 Å². The molecule has 0 aliphatic rings. The summed E-state index contributed by atoms with van der Waals surface area (Å²) in [7, 11) is 0. The van der Waals surface area contributed by atoms with Crippen LogP contribution in [0.25, 0.3) is 32.9 Å². The number of nitrogens with zero attached hydrogens (tertiary/aromatic N) is 2. The van der Waals surface area contributed by atoms with Crippen molar-refractivity contribution in [3.63, 3.8) is 0 Å². The molecule has 0 fully saturated rings. The Morgan fingerprint density at radius 3 is 1.71 bits per heavy atom. The average Bonchev–Trinajstić information content (AvgIpc) is 3.43. The zero-order chi connectivity index (χ0) is 28.7. The number of hydrogen-bond acceptors (Lipinski definition) is 2. The van der Waals surface area contributed by atoms with Gasteiger partial charge in [-0.2, -0.15) is 5.10 Å². The topological polar surface area (TPSA) is 55.1 Å². The monoisotopic (exact) mass is 548 g/mol. The van der Waals surface area contributed by atoms with E-state index in [0.717, 1.165) is 27.5 Å². The first kappa shape index (κ1) is 25.4. The third-order valence-corrected chi connectivity index (χ3v) is 7.93. The number of aromatic nitrogens is 2. The van der Waals surface area contributed by atoms with E-state index in [0.29, 0.717) is 16.8 Å². The molecule has 0 bridgehead atoms. The molecule has 202 valence electrons. The molecule has 0 aliphatic heterocycles. The van der Waals surface area contributed by atoms with Crippen LogP contribution in [0.4, 0.5) is 4.39 Å². The Labute approximate surface area is 241 Å². The van der Waals surface area contributed by atoms with E-state index >= 15 is 4.39 Å². The van der Waals surface area contributed by atoms with E-state index < -0.39 is 22.9 Å². The highest BCUT2D eigenvalue weighted by molar-refractivity contribution is 6.01. The highest BCUT2D eigenvalue weighted by Gasteiger charge is 2.41. The van der Waals surface area contributed by atoms with Crippen LogP contribution in [0.2, 0.25) is 0 Å². The predicted molar refractivity (Wildman–Crippen MR) is 164 cm³/mol. The summed E-state index contributed by atoms with van der Waals surface area (Å²) in [5, 5.41) is 17.3. The van der Waals surface area contributed by atoms with Crippen molar-refractivity contribution in [1.29, 1.82) is 0 Å². The number of fused-ring (bicyclic) bond motifs is 2. The molecule has 7 rings (SSSR count).